The van der Waals surface area contributed by atoms with Crippen molar-refractivity contribution in [1.82, 2.24) is 0 Å². The van der Waals surface area contributed by atoms with Crippen LogP contribution in [0.4, 0.5) is 0 Å². The normalized spacial score (nSPS) is 10.2. The van der Waals surface area contributed by atoms with Crippen LogP contribution in [-0.4, -0.2) is 11.7 Å². The van der Waals surface area contributed by atoms with Crippen LogP contribution in [0.25, 0.3) is 0 Å². The van der Waals surface area contributed by atoms with Gasteiger partial charge in [0.1, 0.15) is 12.4 Å². The van der Waals surface area contributed by atoms with Gasteiger partial charge in [0.25, 0.3) is 0 Å². The lowest BCUT2D eigenvalue weighted by Crippen LogP contribution is -2.03. The van der Waals surface area contributed by atoms with Gasteiger partial charge in [-0.3, -0.25) is 0 Å². The zero-order valence-corrected chi connectivity index (χ0v) is 10.6. The molecule has 0 saturated heterocycles. The second kappa shape index (κ2) is 6.14. The molecule has 0 atom stereocenters. The number of ether oxygens (including phenoxy) is 1. The van der Waals surface area contributed by atoms with Gasteiger partial charge in [-0.25, -0.2) is 0 Å². The molecule has 4 heteroatoms. The average molecular weight is 261 g/mol. The highest BCUT2D eigenvalue weighted by Gasteiger charge is 2.10. The zero-order valence-electron chi connectivity index (χ0n) is 9.09. The number of halogens is 2. The Morgan fingerprint density at radius 2 is 2.12 bits per heavy atom. The fourth-order valence-corrected chi connectivity index (χ4v) is 1.76. The van der Waals surface area contributed by atoms with Crippen molar-refractivity contribution >= 4 is 23.2 Å². The topological polar surface area (TPSA) is 29.5 Å². The predicted octanol–water partition coefficient (Wildman–Crippen LogP) is 3.83. The lowest BCUT2D eigenvalue weighted by Gasteiger charge is -2.13. The highest BCUT2D eigenvalue weighted by atomic mass is 35.5. The standard InChI is InChI=1S/C12H14Cl2O2/c1-3-8(2)7-16-12-9(6-15)4-10(13)5-11(12)14/h4-5,15H,2-3,6-7H2,1H3. The first-order valence-electron chi connectivity index (χ1n) is 4.96. The second-order valence-electron chi connectivity index (χ2n) is 3.43. The molecule has 88 valence electrons. The summed E-state index contributed by atoms with van der Waals surface area (Å²) in [5.74, 6) is 0.475. The Morgan fingerprint density at radius 1 is 1.44 bits per heavy atom. The molecule has 16 heavy (non-hydrogen) atoms. The maximum Gasteiger partial charge on any atom is 0.143 e. The van der Waals surface area contributed by atoms with Gasteiger partial charge in [-0.1, -0.05) is 36.7 Å². The van der Waals surface area contributed by atoms with Gasteiger partial charge in [-0.15, -0.1) is 0 Å². The quantitative estimate of drug-likeness (QED) is 0.816. The Labute approximate surface area is 105 Å². The van der Waals surface area contributed by atoms with Crippen molar-refractivity contribution in [2.24, 2.45) is 0 Å². The van der Waals surface area contributed by atoms with Crippen LogP contribution in [0.3, 0.4) is 0 Å². The van der Waals surface area contributed by atoms with Gasteiger partial charge in [0.15, 0.2) is 0 Å². The van der Waals surface area contributed by atoms with Gasteiger partial charge in [-0.2, -0.15) is 0 Å². The molecule has 0 aliphatic rings. The second-order valence-corrected chi connectivity index (χ2v) is 4.27. The van der Waals surface area contributed by atoms with Crippen molar-refractivity contribution in [3.8, 4) is 5.75 Å². The minimum atomic E-state index is -0.159. The lowest BCUT2D eigenvalue weighted by molar-refractivity contribution is 0.268. The van der Waals surface area contributed by atoms with E-state index in [9.17, 15) is 5.11 Å². The fraction of sp³-hybridized carbons (Fsp3) is 0.333. The Morgan fingerprint density at radius 3 is 2.69 bits per heavy atom. The minimum Gasteiger partial charge on any atom is -0.487 e. The number of rotatable bonds is 5. The van der Waals surface area contributed by atoms with Gasteiger partial charge in [0, 0.05) is 10.6 Å². The molecule has 1 aromatic carbocycles. The summed E-state index contributed by atoms with van der Waals surface area (Å²) in [6.45, 7) is 6.07. The Bertz CT molecular complexity index is 389. The van der Waals surface area contributed by atoms with Crippen LogP contribution in [0, 0.1) is 0 Å². The van der Waals surface area contributed by atoms with Crippen LogP contribution in [0.2, 0.25) is 10.0 Å². The molecule has 0 saturated carbocycles. The molecule has 0 radical (unpaired) electrons. The van der Waals surface area contributed by atoms with Crippen LogP contribution in [0.15, 0.2) is 24.3 Å². The lowest BCUT2D eigenvalue weighted by atomic mass is 10.2. The highest BCUT2D eigenvalue weighted by Crippen LogP contribution is 2.32. The molecule has 0 heterocycles. The molecule has 0 unspecified atom stereocenters. The third-order valence-corrected chi connectivity index (χ3v) is 2.68. The Kier molecular flexibility index (Phi) is 5.13. The molecule has 1 rings (SSSR count). The first-order chi connectivity index (χ1) is 7.58. The molecule has 0 fully saturated rings. The van der Waals surface area contributed by atoms with E-state index in [4.69, 9.17) is 27.9 Å². The highest BCUT2D eigenvalue weighted by molar-refractivity contribution is 6.35. The summed E-state index contributed by atoms with van der Waals surface area (Å²) < 4.78 is 5.52. The van der Waals surface area contributed by atoms with Crippen molar-refractivity contribution in [3.05, 3.63) is 39.9 Å². The van der Waals surface area contributed by atoms with Crippen molar-refractivity contribution in [2.45, 2.75) is 20.0 Å². The van der Waals surface area contributed by atoms with Gasteiger partial charge in [-0.05, 0) is 24.1 Å². The van der Waals surface area contributed by atoms with E-state index >= 15 is 0 Å². The predicted molar refractivity (Wildman–Crippen MR) is 67.3 cm³/mol. The number of benzene rings is 1. The van der Waals surface area contributed by atoms with Crippen LogP contribution < -0.4 is 4.74 Å². The summed E-state index contributed by atoms with van der Waals surface area (Å²) in [5, 5.41) is 10.1. The van der Waals surface area contributed by atoms with Crippen LogP contribution >= 0.6 is 23.2 Å². The van der Waals surface area contributed by atoms with E-state index in [2.05, 4.69) is 6.58 Å². The molecular weight excluding hydrogens is 247 g/mol. The first kappa shape index (κ1) is 13.4. The smallest absolute Gasteiger partial charge is 0.143 e. The number of aliphatic hydroxyl groups excluding tert-OH is 1. The van der Waals surface area contributed by atoms with Crippen LogP contribution in [-0.2, 0) is 6.61 Å². The summed E-state index contributed by atoms with van der Waals surface area (Å²) in [7, 11) is 0. The van der Waals surface area contributed by atoms with Crippen molar-refractivity contribution in [1.29, 1.82) is 0 Å². The summed E-state index contributed by atoms with van der Waals surface area (Å²) in [6.07, 6.45) is 0.847. The Hall–Kier alpha value is -0.700. The molecular formula is C12H14Cl2O2. The molecule has 0 aliphatic carbocycles. The van der Waals surface area contributed by atoms with E-state index in [1.807, 2.05) is 6.92 Å². The van der Waals surface area contributed by atoms with Gasteiger partial charge in [0.2, 0.25) is 0 Å². The molecule has 1 aromatic rings. The van der Waals surface area contributed by atoms with Gasteiger partial charge in [0.05, 0.1) is 11.6 Å². The van der Waals surface area contributed by atoms with Crippen molar-refractivity contribution in [2.75, 3.05) is 6.61 Å². The van der Waals surface area contributed by atoms with Crippen LogP contribution in [0.5, 0.6) is 5.75 Å². The maximum atomic E-state index is 9.17. The molecule has 1 N–H and O–H groups in total. The molecule has 0 aromatic heterocycles. The molecule has 0 bridgehead atoms. The fourth-order valence-electron chi connectivity index (χ4n) is 1.17. The maximum absolute atomic E-state index is 9.17. The summed E-state index contributed by atoms with van der Waals surface area (Å²) >= 11 is 11.8. The van der Waals surface area contributed by atoms with E-state index in [0.29, 0.717) is 28.0 Å². The Balaban J connectivity index is 2.89. The molecule has 0 aliphatic heterocycles. The van der Waals surface area contributed by atoms with E-state index in [-0.39, 0.29) is 6.61 Å². The summed E-state index contributed by atoms with van der Waals surface area (Å²) in [4.78, 5) is 0. The molecule has 0 spiro atoms. The third-order valence-electron chi connectivity index (χ3n) is 2.18. The van der Waals surface area contributed by atoms with E-state index in [1.54, 1.807) is 12.1 Å². The molecule has 0 amide bonds. The van der Waals surface area contributed by atoms with Crippen LogP contribution in [0.1, 0.15) is 18.9 Å². The summed E-state index contributed by atoms with van der Waals surface area (Å²) in [5.41, 5.74) is 1.55. The van der Waals surface area contributed by atoms with Crippen molar-refractivity contribution < 1.29 is 9.84 Å². The van der Waals surface area contributed by atoms with E-state index in [0.717, 1.165) is 12.0 Å². The largest absolute Gasteiger partial charge is 0.487 e. The zero-order chi connectivity index (χ0) is 12.1. The number of aliphatic hydroxyl groups is 1. The van der Waals surface area contributed by atoms with E-state index < -0.39 is 0 Å². The SMILES string of the molecule is C=C(CC)COc1c(Cl)cc(Cl)cc1CO. The van der Waals surface area contributed by atoms with E-state index in [1.165, 1.54) is 0 Å². The number of hydrogen-bond acceptors (Lipinski definition) is 2. The van der Waals surface area contributed by atoms with Crippen molar-refractivity contribution in [3.63, 3.8) is 0 Å². The minimum absolute atomic E-state index is 0.159. The van der Waals surface area contributed by atoms with Gasteiger partial charge < -0.3 is 9.84 Å². The third kappa shape index (κ3) is 3.41. The first-order valence-corrected chi connectivity index (χ1v) is 5.72. The number of hydrogen-bond donors (Lipinski definition) is 1. The monoisotopic (exact) mass is 260 g/mol. The molecule has 2 nitrogen and oxygen atoms in total. The summed E-state index contributed by atoms with van der Waals surface area (Å²) in [6, 6.07) is 3.23. The van der Waals surface area contributed by atoms with Gasteiger partial charge >= 0.3 is 0 Å². The average Bonchev–Trinajstić information content (AvgIpc) is 2.26.